The maximum atomic E-state index is 12.8. The third kappa shape index (κ3) is 6.19. The number of carbonyl (C=O) groups is 2. The van der Waals surface area contributed by atoms with Gasteiger partial charge >= 0.3 is 0 Å². The molecule has 0 saturated heterocycles. The van der Waals surface area contributed by atoms with Crippen LogP contribution < -0.4 is 0 Å². The second-order valence-electron chi connectivity index (χ2n) is 8.62. The van der Waals surface area contributed by atoms with E-state index in [0.29, 0.717) is 21.2 Å². The molecular formula is C26H22Cl4O4. The molecule has 0 aliphatic carbocycles. The number of benzene rings is 3. The minimum absolute atomic E-state index is 0.0424. The van der Waals surface area contributed by atoms with Gasteiger partial charge in [0.15, 0.2) is 11.6 Å². The molecular weight excluding hydrogens is 518 g/mol. The highest BCUT2D eigenvalue weighted by atomic mass is 35.5. The van der Waals surface area contributed by atoms with Crippen LogP contribution in [0.1, 0.15) is 45.7 Å². The van der Waals surface area contributed by atoms with Gasteiger partial charge in [0, 0.05) is 34.0 Å². The molecule has 0 aromatic heterocycles. The molecule has 2 unspecified atom stereocenters. The van der Waals surface area contributed by atoms with Crippen LogP contribution in [0.25, 0.3) is 0 Å². The molecule has 178 valence electrons. The van der Waals surface area contributed by atoms with Crippen molar-refractivity contribution in [2.75, 3.05) is 0 Å². The molecule has 2 atom stereocenters. The summed E-state index contributed by atoms with van der Waals surface area (Å²) in [5.41, 5.74) is -1.65. The number of rotatable bonds is 8. The molecule has 3 aromatic carbocycles. The van der Waals surface area contributed by atoms with E-state index in [0.717, 1.165) is 0 Å². The summed E-state index contributed by atoms with van der Waals surface area (Å²) >= 11 is 24.0. The van der Waals surface area contributed by atoms with E-state index in [2.05, 4.69) is 0 Å². The first kappa shape index (κ1) is 26.7. The Morgan fingerprint density at radius 3 is 1.26 bits per heavy atom. The van der Waals surface area contributed by atoms with Gasteiger partial charge in [0.1, 0.15) is 11.2 Å². The molecule has 0 aliphatic rings. The van der Waals surface area contributed by atoms with Crippen LogP contribution in [0.5, 0.6) is 0 Å². The first-order valence-corrected chi connectivity index (χ1v) is 11.8. The lowest BCUT2D eigenvalue weighted by atomic mass is 9.86. The maximum Gasteiger partial charge on any atom is 0.195 e. The Balaban J connectivity index is 1.72. The third-order valence-electron chi connectivity index (χ3n) is 5.45. The second-order valence-corrected chi connectivity index (χ2v) is 10.3. The van der Waals surface area contributed by atoms with Crippen LogP contribution in [-0.2, 0) is 12.8 Å². The van der Waals surface area contributed by atoms with E-state index in [4.69, 9.17) is 46.4 Å². The number of carbonyl (C=O) groups excluding carboxylic acids is 2. The molecule has 8 heteroatoms. The van der Waals surface area contributed by atoms with Gasteiger partial charge in [0.25, 0.3) is 0 Å². The Hall–Kier alpha value is -1.92. The molecule has 0 heterocycles. The Kier molecular flexibility index (Phi) is 8.14. The first-order valence-electron chi connectivity index (χ1n) is 10.3. The number of hydrogen-bond acceptors (Lipinski definition) is 4. The fraction of sp³-hybridized carbons (Fsp3) is 0.231. The van der Waals surface area contributed by atoms with Crippen LogP contribution in [-0.4, -0.2) is 33.0 Å². The molecule has 0 fully saturated rings. The Bertz CT molecular complexity index is 1140. The summed E-state index contributed by atoms with van der Waals surface area (Å²) in [5, 5.41) is 22.8. The number of Topliss-reactive ketones (excluding diaryl/α,β-unsaturated/α-hetero) is 2. The summed E-state index contributed by atoms with van der Waals surface area (Å²) in [6.07, 6.45) is 0.0849. The Morgan fingerprint density at radius 1 is 0.647 bits per heavy atom. The van der Waals surface area contributed by atoms with Crippen molar-refractivity contribution >= 4 is 58.0 Å². The van der Waals surface area contributed by atoms with Gasteiger partial charge in [-0.3, -0.25) is 9.59 Å². The highest BCUT2D eigenvalue weighted by molar-refractivity contribution is 6.37. The topological polar surface area (TPSA) is 74.6 Å². The fourth-order valence-electron chi connectivity index (χ4n) is 3.66. The molecule has 0 aliphatic heterocycles. The summed E-state index contributed by atoms with van der Waals surface area (Å²) in [7, 11) is 0. The predicted octanol–water partition coefficient (Wildman–Crippen LogP) is 6.65. The lowest BCUT2D eigenvalue weighted by Crippen LogP contribution is -2.38. The van der Waals surface area contributed by atoms with E-state index in [9.17, 15) is 19.8 Å². The van der Waals surface area contributed by atoms with E-state index < -0.39 is 22.8 Å². The Labute approximate surface area is 218 Å². The largest absolute Gasteiger partial charge is 0.382 e. The summed E-state index contributed by atoms with van der Waals surface area (Å²) in [6, 6.07) is 15.9. The highest BCUT2D eigenvalue weighted by Crippen LogP contribution is 2.29. The lowest BCUT2D eigenvalue weighted by molar-refractivity contribution is 0.0405. The van der Waals surface area contributed by atoms with E-state index >= 15 is 0 Å². The highest BCUT2D eigenvalue weighted by Gasteiger charge is 2.34. The van der Waals surface area contributed by atoms with Gasteiger partial charge < -0.3 is 10.2 Å². The molecule has 0 saturated carbocycles. The molecule has 34 heavy (non-hydrogen) atoms. The van der Waals surface area contributed by atoms with Gasteiger partial charge in [0.05, 0.1) is 10.0 Å². The van der Waals surface area contributed by atoms with E-state index in [1.807, 2.05) is 0 Å². The van der Waals surface area contributed by atoms with E-state index in [1.165, 1.54) is 50.2 Å². The summed E-state index contributed by atoms with van der Waals surface area (Å²) in [5.74, 6) is -1.04. The van der Waals surface area contributed by atoms with Crippen molar-refractivity contribution in [3.05, 3.63) is 103 Å². The molecule has 0 bridgehead atoms. The lowest BCUT2D eigenvalue weighted by Gasteiger charge is -2.24. The van der Waals surface area contributed by atoms with Crippen LogP contribution in [0.4, 0.5) is 0 Å². The second kappa shape index (κ2) is 10.4. The van der Waals surface area contributed by atoms with E-state index in [1.54, 1.807) is 24.3 Å². The van der Waals surface area contributed by atoms with Crippen molar-refractivity contribution in [2.45, 2.75) is 37.9 Å². The van der Waals surface area contributed by atoms with Gasteiger partial charge in [-0.05, 0) is 61.4 Å². The molecule has 0 amide bonds. The van der Waals surface area contributed by atoms with Crippen LogP contribution >= 0.6 is 46.4 Å². The molecule has 3 rings (SSSR count). The third-order valence-corrected chi connectivity index (χ3v) is 6.55. The van der Waals surface area contributed by atoms with Crippen LogP contribution in [0, 0.1) is 0 Å². The van der Waals surface area contributed by atoms with E-state index in [-0.39, 0.29) is 34.0 Å². The fourth-order valence-corrected chi connectivity index (χ4v) is 4.65. The minimum atomic E-state index is -1.70. The van der Waals surface area contributed by atoms with Crippen LogP contribution in [0.3, 0.4) is 0 Å². The zero-order chi connectivity index (χ0) is 25.3. The molecule has 4 nitrogen and oxygen atoms in total. The van der Waals surface area contributed by atoms with Crippen LogP contribution in [0.15, 0.2) is 60.7 Å². The van der Waals surface area contributed by atoms with Crippen molar-refractivity contribution < 1.29 is 19.8 Å². The minimum Gasteiger partial charge on any atom is -0.382 e. The van der Waals surface area contributed by atoms with Crippen molar-refractivity contribution in [1.82, 2.24) is 0 Å². The zero-order valence-corrected chi connectivity index (χ0v) is 21.4. The number of halogens is 4. The number of hydrogen-bond donors (Lipinski definition) is 2. The summed E-state index contributed by atoms with van der Waals surface area (Å²) in [6.45, 7) is 2.85. The summed E-state index contributed by atoms with van der Waals surface area (Å²) < 4.78 is 0. The normalized spacial score (nSPS) is 14.8. The predicted molar refractivity (Wildman–Crippen MR) is 137 cm³/mol. The molecule has 0 radical (unpaired) electrons. The van der Waals surface area contributed by atoms with Gasteiger partial charge in [-0.1, -0.05) is 70.7 Å². The van der Waals surface area contributed by atoms with Gasteiger partial charge in [-0.2, -0.15) is 0 Å². The average Bonchev–Trinajstić information content (AvgIpc) is 2.74. The van der Waals surface area contributed by atoms with Crippen LogP contribution in [0.2, 0.25) is 20.1 Å². The van der Waals surface area contributed by atoms with Gasteiger partial charge in [-0.25, -0.2) is 0 Å². The molecule has 2 N–H and O–H groups in total. The Morgan fingerprint density at radius 2 is 0.971 bits per heavy atom. The van der Waals surface area contributed by atoms with Gasteiger partial charge in [-0.15, -0.1) is 0 Å². The van der Waals surface area contributed by atoms with Gasteiger partial charge in [0.2, 0.25) is 0 Å². The average molecular weight is 540 g/mol. The van der Waals surface area contributed by atoms with Crippen molar-refractivity contribution in [3.8, 4) is 0 Å². The number of aliphatic hydroxyl groups is 2. The standard InChI is InChI=1S/C26H22Cl4O4/c1-25(33,23(31)19-9-7-17(27)11-21(19)29)13-15-3-5-16(6-4-15)14-26(2,34)24(32)20-10-8-18(28)12-22(20)30/h3-12,33-34H,13-14H2,1-2H3. The summed E-state index contributed by atoms with van der Waals surface area (Å²) in [4.78, 5) is 25.7. The SMILES string of the molecule is CC(O)(Cc1ccc(CC(C)(O)C(=O)c2ccc(Cl)cc2Cl)cc1)C(=O)c1ccc(Cl)cc1Cl. The monoisotopic (exact) mass is 538 g/mol. The zero-order valence-electron chi connectivity index (χ0n) is 18.4. The first-order chi connectivity index (χ1) is 15.8. The van der Waals surface area contributed by atoms with Crippen molar-refractivity contribution in [1.29, 1.82) is 0 Å². The number of ketones is 2. The quantitative estimate of drug-likeness (QED) is 0.314. The smallest absolute Gasteiger partial charge is 0.195 e. The molecule has 3 aromatic rings. The van der Waals surface area contributed by atoms with Crippen molar-refractivity contribution in [2.24, 2.45) is 0 Å². The van der Waals surface area contributed by atoms with Crippen molar-refractivity contribution in [3.63, 3.8) is 0 Å². The maximum absolute atomic E-state index is 12.8. The molecule has 0 spiro atoms.